The summed E-state index contributed by atoms with van der Waals surface area (Å²) in [6, 6.07) is 7.55. The number of rotatable bonds is 3. The normalized spacial score (nSPS) is 21.8. The summed E-state index contributed by atoms with van der Waals surface area (Å²) in [6.07, 6.45) is 2.48. The van der Waals surface area contributed by atoms with Gasteiger partial charge in [0.2, 0.25) is 0 Å². The molecule has 180 valence electrons. The summed E-state index contributed by atoms with van der Waals surface area (Å²) in [5, 5.41) is 11.3. The van der Waals surface area contributed by atoms with E-state index >= 15 is 0 Å². The first-order chi connectivity index (χ1) is 15.6. The molecule has 0 spiro atoms. The van der Waals surface area contributed by atoms with Gasteiger partial charge in [-0.05, 0) is 49.8 Å². The second-order valence-electron chi connectivity index (χ2n) is 7.96. The van der Waals surface area contributed by atoms with Crippen molar-refractivity contribution in [3.63, 3.8) is 0 Å². The van der Waals surface area contributed by atoms with Gasteiger partial charge in [0.15, 0.2) is 5.82 Å². The van der Waals surface area contributed by atoms with E-state index in [0.29, 0.717) is 17.4 Å². The highest BCUT2D eigenvalue weighted by Gasteiger charge is 2.38. The number of nitrogens with two attached hydrogens (primary N) is 1. The minimum atomic E-state index is -5.08. The molecule has 1 amide bonds. The summed E-state index contributed by atoms with van der Waals surface area (Å²) in [7, 11) is 0. The third-order valence-corrected chi connectivity index (χ3v) is 5.64. The van der Waals surface area contributed by atoms with Crippen LogP contribution in [0.5, 0.6) is 0 Å². The van der Waals surface area contributed by atoms with Crippen molar-refractivity contribution in [3.05, 3.63) is 42.4 Å². The maximum atomic E-state index is 12.8. The Bertz CT molecular complexity index is 930. The Morgan fingerprint density at radius 3 is 2.42 bits per heavy atom. The number of hydrogen-bond acceptors (Lipinski definition) is 6. The zero-order valence-corrected chi connectivity index (χ0v) is 17.8. The van der Waals surface area contributed by atoms with Crippen LogP contribution in [0.2, 0.25) is 0 Å². The number of carboxylic acids is 1. The molecule has 2 aromatic rings. The van der Waals surface area contributed by atoms with Gasteiger partial charge in [-0.1, -0.05) is 6.07 Å². The summed E-state index contributed by atoms with van der Waals surface area (Å²) in [5.74, 6) is -1.62. The lowest BCUT2D eigenvalue weighted by Crippen LogP contribution is -2.45. The molecule has 2 fully saturated rings. The molecule has 2 aromatic heterocycles. The lowest BCUT2D eigenvalue weighted by atomic mass is 9.86. The standard InChI is InChI=1S/C19H25N5O2.C2HF3O2/c20-15-7-12-26-17(13-15)14-5-10-23(11-6-14)19(25)16-3-1-4-18(22-16)24-9-2-8-21-24;3-2(4,5)1(6)7/h1-4,8-9,14-15,17H,5-7,10-13,20H2;(H,6,7). The molecule has 9 nitrogen and oxygen atoms in total. The molecule has 0 radical (unpaired) electrons. The molecule has 2 saturated heterocycles. The molecular weight excluding hydrogens is 443 g/mol. The molecule has 0 aliphatic carbocycles. The Kier molecular flexibility index (Phi) is 8.03. The molecule has 0 bridgehead atoms. The van der Waals surface area contributed by atoms with Crippen LogP contribution in [-0.4, -0.2) is 74.7 Å². The summed E-state index contributed by atoms with van der Waals surface area (Å²) in [5.41, 5.74) is 6.54. The average Bonchev–Trinajstić information content (AvgIpc) is 3.34. The van der Waals surface area contributed by atoms with Crippen molar-refractivity contribution < 1.29 is 32.6 Å². The molecule has 3 N–H and O–H groups in total. The minimum Gasteiger partial charge on any atom is -0.475 e. The van der Waals surface area contributed by atoms with Crippen molar-refractivity contribution in [2.24, 2.45) is 11.7 Å². The van der Waals surface area contributed by atoms with E-state index in [9.17, 15) is 18.0 Å². The van der Waals surface area contributed by atoms with Gasteiger partial charge in [0.25, 0.3) is 5.91 Å². The summed E-state index contributed by atoms with van der Waals surface area (Å²) in [6.45, 7) is 2.24. The largest absolute Gasteiger partial charge is 0.490 e. The Morgan fingerprint density at radius 1 is 1.15 bits per heavy atom. The number of amides is 1. The van der Waals surface area contributed by atoms with Crippen molar-refractivity contribution in [1.29, 1.82) is 0 Å². The Balaban J connectivity index is 0.000000383. The molecule has 2 aliphatic rings. The van der Waals surface area contributed by atoms with Crippen molar-refractivity contribution in [1.82, 2.24) is 19.7 Å². The fourth-order valence-corrected chi connectivity index (χ4v) is 3.89. The first kappa shape index (κ1) is 24.6. The van der Waals surface area contributed by atoms with E-state index in [-0.39, 0.29) is 18.1 Å². The molecule has 12 heteroatoms. The number of carbonyl (C=O) groups excluding carboxylic acids is 1. The van der Waals surface area contributed by atoms with Gasteiger partial charge < -0.3 is 20.5 Å². The number of likely N-dealkylation sites (tertiary alicyclic amines) is 1. The number of aromatic nitrogens is 3. The van der Waals surface area contributed by atoms with Crippen molar-refractivity contribution in [2.75, 3.05) is 19.7 Å². The van der Waals surface area contributed by atoms with Gasteiger partial charge in [-0.15, -0.1) is 0 Å². The Hall–Kier alpha value is -2.99. The second kappa shape index (κ2) is 10.8. The van der Waals surface area contributed by atoms with Crippen LogP contribution >= 0.6 is 0 Å². The van der Waals surface area contributed by atoms with E-state index in [4.69, 9.17) is 20.4 Å². The molecule has 2 atom stereocenters. The van der Waals surface area contributed by atoms with Gasteiger partial charge in [-0.2, -0.15) is 18.3 Å². The number of carboxylic acid groups (broad SMARTS) is 1. The topological polar surface area (TPSA) is 124 Å². The van der Waals surface area contributed by atoms with Gasteiger partial charge in [0, 0.05) is 38.1 Å². The van der Waals surface area contributed by atoms with E-state index in [0.717, 1.165) is 45.4 Å². The van der Waals surface area contributed by atoms with Crippen LogP contribution in [0.3, 0.4) is 0 Å². The van der Waals surface area contributed by atoms with Crippen LogP contribution in [0.15, 0.2) is 36.7 Å². The summed E-state index contributed by atoms with van der Waals surface area (Å²) >= 11 is 0. The SMILES string of the molecule is NC1CCOC(C2CCN(C(=O)c3cccc(-n4cccn4)n3)CC2)C1.O=C(O)C(F)(F)F. The minimum absolute atomic E-state index is 0.0151. The number of aliphatic carboxylic acids is 1. The van der Waals surface area contributed by atoms with Crippen LogP contribution in [-0.2, 0) is 9.53 Å². The van der Waals surface area contributed by atoms with Crippen molar-refractivity contribution >= 4 is 11.9 Å². The van der Waals surface area contributed by atoms with Crippen LogP contribution in [0, 0.1) is 5.92 Å². The maximum absolute atomic E-state index is 12.8. The first-order valence-electron chi connectivity index (χ1n) is 10.6. The highest BCUT2D eigenvalue weighted by Crippen LogP contribution is 2.28. The molecule has 0 aromatic carbocycles. The zero-order valence-electron chi connectivity index (χ0n) is 17.8. The van der Waals surface area contributed by atoms with E-state index < -0.39 is 12.1 Å². The molecular formula is C21H26F3N5O4. The molecule has 4 heterocycles. The predicted molar refractivity (Wildman–Crippen MR) is 111 cm³/mol. The fourth-order valence-electron chi connectivity index (χ4n) is 3.89. The molecule has 0 saturated carbocycles. The van der Waals surface area contributed by atoms with E-state index in [1.165, 1.54) is 0 Å². The molecule has 33 heavy (non-hydrogen) atoms. The lowest BCUT2D eigenvalue weighted by Gasteiger charge is -2.38. The Labute approximate surface area is 188 Å². The van der Waals surface area contributed by atoms with Crippen LogP contribution in [0.1, 0.15) is 36.2 Å². The van der Waals surface area contributed by atoms with Gasteiger partial charge in [-0.25, -0.2) is 14.5 Å². The van der Waals surface area contributed by atoms with Crippen LogP contribution < -0.4 is 5.73 Å². The number of ether oxygens (including phenoxy) is 1. The molecule has 2 unspecified atom stereocenters. The maximum Gasteiger partial charge on any atom is 0.490 e. The number of piperidine rings is 1. The number of pyridine rings is 1. The number of alkyl halides is 3. The highest BCUT2D eigenvalue weighted by molar-refractivity contribution is 5.92. The first-order valence-corrected chi connectivity index (χ1v) is 10.6. The monoisotopic (exact) mass is 469 g/mol. The van der Waals surface area contributed by atoms with E-state index in [1.54, 1.807) is 16.9 Å². The fraction of sp³-hybridized carbons (Fsp3) is 0.524. The van der Waals surface area contributed by atoms with Gasteiger partial charge >= 0.3 is 12.1 Å². The van der Waals surface area contributed by atoms with Crippen LogP contribution in [0.25, 0.3) is 5.82 Å². The molecule has 4 rings (SSSR count). The highest BCUT2D eigenvalue weighted by atomic mass is 19.4. The smallest absolute Gasteiger partial charge is 0.475 e. The van der Waals surface area contributed by atoms with E-state index in [2.05, 4.69) is 10.1 Å². The number of hydrogen-bond donors (Lipinski definition) is 2. The van der Waals surface area contributed by atoms with Crippen molar-refractivity contribution in [2.45, 2.75) is 44.0 Å². The zero-order chi connectivity index (χ0) is 24.0. The Morgan fingerprint density at radius 2 is 1.85 bits per heavy atom. The quantitative estimate of drug-likeness (QED) is 0.707. The third-order valence-electron chi connectivity index (χ3n) is 5.64. The van der Waals surface area contributed by atoms with Gasteiger partial charge in [0.1, 0.15) is 5.69 Å². The van der Waals surface area contributed by atoms with Gasteiger partial charge in [0.05, 0.1) is 6.10 Å². The van der Waals surface area contributed by atoms with Crippen LogP contribution in [0.4, 0.5) is 13.2 Å². The second-order valence-corrected chi connectivity index (χ2v) is 7.96. The average molecular weight is 469 g/mol. The number of carbonyl (C=O) groups is 2. The van der Waals surface area contributed by atoms with Gasteiger partial charge in [-0.3, -0.25) is 4.79 Å². The third kappa shape index (κ3) is 6.75. The summed E-state index contributed by atoms with van der Waals surface area (Å²) < 4.78 is 39.3. The number of nitrogens with zero attached hydrogens (tertiary/aromatic N) is 4. The lowest BCUT2D eigenvalue weighted by molar-refractivity contribution is -0.192. The number of halogens is 3. The summed E-state index contributed by atoms with van der Waals surface area (Å²) in [4.78, 5) is 28.1. The van der Waals surface area contributed by atoms with E-state index in [1.807, 2.05) is 29.3 Å². The predicted octanol–water partition coefficient (Wildman–Crippen LogP) is 2.26. The van der Waals surface area contributed by atoms with Crippen molar-refractivity contribution in [3.8, 4) is 5.82 Å². The molecule has 2 aliphatic heterocycles.